The molecule has 0 aromatic heterocycles. The second-order valence-electron chi connectivity index (χ2n) is 3.77. The smallest absolute Gasteiger partial charge is 0.340 e. The van der Waals surface area contributed by atoms with Gasteiger partial charge in [-0.25, -0.2) is 4.79 Å². The summed E-state index contributed by atoms with van der Waals surface area (Å²) >= 11 is 0. The van der Waals surface area contributed by atoms with E-state index in [4.69, 9.17) is 9.47 Å². The van der Waals surface area contributed by atoms with Gasteiger partial charge in [0, 0.05) is 6.07 Å². The standard InChI is InChI=1S/C13H15NO5/c1-3-4-8-18-10(2)13(15)19-12-7-5-6-11(9-12)14(16)17/h3,5-7,9-10H,1,4,8H2,2H3. The van der Waals surface area contributed by atoms with Gasteiger partial charge >= 0.3 is 5.97 Å². The van der Waals surface area contributed by atoms with E-state index in [1.807, 2.05) is 0 Å². The van der Waals surface area contributed by atoms with Gasteiger partial charge in [0.15, 0.2) is 6.10 Å². The van der Waals surface area contributed by atoms with E-state index in [0.717, 1.165) is 0 Å². The van der Waals surface area contributed by atoms with Gasteiger partial charge in [0.1, 0.15) is 5.75 Å². The van der Waals surface area contributed by atoms with Gasteiger partial charge in [0.2, 0.25) is 0 Å². The minimum Gasteiger partial charge on any atom is -0.424 e. The molecule has 0 N–H and O–H groups in total. The summed E-state index contributed by atoms with van der Waals surface area (Å²) in [4.78, 5) is 21.7. The maximum Gasteiger partial charge on any atom is 0.340 e. The molecule has 6 nitrogen and oxygen atoms in total. The molecule has 0 bridgehead atoms. The van der Waals surface area contributed by atoms with E-state index in [1.165, 1.54) is 24.3 Å². The first-order valence-corrected chi connectivity index (χ1v) is 5.73. The van der Waals surface area contributed by atoms with E-state index >= 15 is 0 Å². The predicted molar refractivity (Wildman–Crippen MR) is 69.0 cm³/mol. The van der Waals surface area contributed by atoms with Crippen LogP contribution in [0.5, 0.6) is 5.75 Å². The third-order valence-electron chi connectivity index (χ3n) is 2.27. The fourth-order valence-corrected chi connectivity index (χ4v) is 1.26. The normalized spacial score (nSPS) is 11.6. The highest BCUT2D eigenvalue weighted by atomic mass is 16.6. The molecular weight excluding hydrogens is 250 g/mol. The van der Waals surface area contributed by atoms with Crippen molar-refractivity contribution in [3.63, 3.8) is 0 Å². The minimum absolute atomic E-state index is 0.123. The highest BCUT2D eigenvalue weighted by molar-refractivity contribution is 5.76. The van der Waals surface area contributed by atoms with Crippen molar-refractivity contribution in [1.82, 2.24) is 0 Å². The summed E-state index contributed by atoms with van der Waals surface area (Å²) in [6, 6.07) is 5.43. The average molecular weight is 265 g/mol. The lowest BCUT2D eigenvalue weighted by Gasteiger charge is -2.11. The van der Waals surface area contributed by atoms with Crippen LogP contribution < -0.4 is 4.74 Å². The Kier molecular flexibility index (Phi) is 5.69. The topological polar surface area (TPSA) is 78.7 Å². The number of non-ortho nitro benzene ring substituents is 1. The highest BCUT2D eigenvalue weighted by Gasteiger charge is 2.16. The third kappa shape index (κ3) is 4.89. The van der Waals surface area contributed by atoms with Crippen molar-refractivity contribution in [3.8, 4) is 5.75 Å². The van der Waals surface area contributed by atoms with Crippen molar-refractivity contribution in [1.29, 1.82) is 0 Å². The predicted octanol–water partition coefficient (Wildman–Crippen LogP) is 2.48. The molecule has 0 radical (unpaired) electrons. The number of carbonyl (C=O) groups excluding carboxylic acids is 1. The Morgan fingerprint density at radius 1 is 1.58 bits per heavy atom. The quantitative estimate of drug-likeness (QED) is 0.189. The highest BCUT2D eigenvalue weighted by Crippen LogP contribution is 2.19. The number of nitro groups is 1. The second-order valence-corrected chi connectivity index (χ2v) is 3.77. The summed E-state index contributed by atoms with van der Waals surface area (Å²) in [7, 11) is 0. The Balaban J connectivity index is 2.58. The Bertz CT molecular complexity index is 472. The number of carbonyl (C=O) groups is 1. The van der Waals surface area contributed by atoms with Crippen LogP contribution in [0.25, 0.3) is 0 Å². The Morgan fingerprint density at radius 2 is 2.32 bits per heavy atom. The van der Waals surface area contributed by atoms with E-state index in [-0.39, 0.29) is 11.4 Å². The molecular formula is C13H15NO5. The Hall–Kier alpha value is -2.21. The van der Waals surface area contributed by atoms with Gasteiger partial charge in [-0.1, -0.05) is 12.1 Å². The fraction of sp³-hybridized carbons (Fsp3) is 0.308. The summed E-state index contributed by atoms with van der Waals surface area (Å²) < 4.78 is 10.2. The number of ether oxygens (including phenoxy) is 2. The monoisotopic (exact) mass is 265 g/mol. The van der Waals surface area contributed by atoms with E-state index in [2.05, 4.69) is 6.58 Å². The largest absolute Gasteiger partial charge is 0.424 e. The van der Waals surface area contributed by atoms with Crippen LogP contribution in [0.15, 0.2) is 36.9 Å². The zero-order valence-electron chi connectivity index (χ0n) is 10.6. The maximum atomic E-state index is 11.6. The van der Waals surface area contributed by atoms with Gasteiger partial charge in [-0.3, -0.25) is 10.1 Å². The number of hydrogen-bond acceptors (Lipinski definition) is 5. The zero-order chi connectivity index (χ0) is 14.3. The summed E-state index contributed by atoms with van der Waals surface area (Å²) in [5, 5.41) is 10.6. The van der Waals surface area contributed by atoms with Crippen molar-refractivity contribution < 1.29 is 19.2 Å². The SMILES string of the molecule is C=CCCOC(C)C(=O)Oc1cccc([N+](=O)[O-])c1. The molecule has 0 spiro atoms. The third-order valence-corrected chi connectivity index (χ3v) is 2.27. The van der Waals surface area contributed by atoms with Crippen molar-refractivity contribution in [2.75, 3.05) is 6.61 Å². The molecule has 1 rings (SSSR count). The van der Waals surface area contributed by atoms with Crippen LogP contribution in [0, 0.1) is 10.1 Å². The van der Waals surface area contributed by atoms with Gasteiger partial charge in [-0.2, -0.15) is 0 Å². The molecule has 1 aromatic rings. The van der Waals surface area contributed by atoms with Crippen LogP contribution in [0.4, 0.5) is 5.69 Å². The number of nitrogens with zero attached hydrogens (tertiary/aromatic N) is 1. The molecule has 1 atom stereocenters. The summed E-state index contributed by atoms with van der Waals surface area (Å²) in [6.07, 6.45) is 1.58. The van der Waals surface area contributed by atoms with Gasteiger partial charge in [0.05, 0.1) is 17.6 Å². The van der Waals surface area contributed by atoms with Crippen LogP contribution >= 0.6 is 0 Å². The Labute approximate surface area is 110 Å². The summed E-state index contributed by atoms with van der Waals surface area (Å²) in [6.45, 7) is 5.46. The molecule has 19 heavy (non-hydrogen) atoms. The zero-order valence-corrected chi connectivity index (χ0v) is 10.6. The maximum absolute atomic E-state index is 11.6. The minimum atomic E-state index is -0.737. The number of benzene rings is 1. The number of hydrogen-bond donors (Lipinski definition) is 0. The van der Waals surface area contributed by atoms with Crippen LogP contribution in [0.1, 0.15) is 13.3 Å². The second kappa shape index (κ2) is 7.27. The van der Waals surface area contributed by atoms with Crippen LogP contribution in [0.2, 0.25) is 0 Å². The molecule has 102 valence electrons. The van der Waals surface area contributed by atoms with Crippen molar-refractivity contribution in [2.24, 2.45) is 0 Å². The molecule has 0 fully saturated rings. The fourth-order valence-electron chi connectivity index (χ4n) is 1.26. The van der Waals surface area contributed by atoms with Gasteiger partial charge < -0.3 is 9.47 Å². The number of nitro benzene ring substituents is 1. The van der Waals surface area contributed by atoms with Gasteiger partial charge in [-0.15, -0.1) is 6.58 Å². The Morgan fingerprint density at radius 3 is 2.95 bits per heavy atom. The lowest BCUT2D eigenvalue weighted by molar-refractivity contribution is -0.384. The van der Waals surface area contributed by atoms with Gasteiger partial charge in [0.25, 0.3) is 5.69 Å². The first-order chi connectivity index (χ1) is 9.04. The van der Waals surface area contributed by atoms with E-state index in [0.29, 0.717) is 13.0 Å². The number of rotatable bonds is 7. The summed E-state index contributed by atoms with van der Waals surface area (Å²) in [5.41, 5.74) is -0.134. The molecule has 0 amide bonds. The molecule has 0 aliphatic carbocycles. The molecule has 0 aliphatic rings. The lowest BCUT2D eigenvalue weighted by Crippen LogP contribution is -2.26. The average Bonchev–Trinajstić information content (AvgIpc) is 2.39. The summed E-state index contributed by atoms with van der Waals surface area (Å²) in [5.74, 6) is -0.470. The molecule has 0 aliphatic heterocycles. The molecule has 0 saturated heterocycles. The molecule has 6 heteroatoms. The van der Waals surface area contributed by atoms with Crippen molar-refractivity contribution in [2.45, 2.75) is 19.4 Å². The lowest BCUT2D eigenvalue weighted by atomic mass is 10.3. The van der Waals surface area contributed by atoms with Crippen molar-refractivity contribution in [3.05, 3.63) is 47.0 Å². The first kappa shape index (κ1) is 14.8. The first-order valence-electron chi connectivity index (χ1n) is 5.73. The molecule has 0 heterocycles. The molecule has 0 saturated carbocycles. The number of esters is 1. The van der Waals surface area contributed by atoms with Gasteiger partial charge in [-0.05, 0) is 19.4 Å². The molecule has 1 unspecified atom stereocenters. The molecule has 1 aromatic carbocycles. The van der Waals surface area contributed by atoms with Crippen LogP contribution in [0.3, 0.4) is 0 Å². The van der Waals surface area contributed by atoms with E-state index in [9.17, 15) is 14.9 Å². The van der Waals surface area contributed by atoms with Crippen LogP contribution in [-0.4, -0.2) is 23.6 Å². The van der Waals surface area contributed by atoms with Crippen LogP contribution in [-0.2, 0) is 9.53 Å². The van der Waals surface area contributed by atoms with Crippen molar-refractivity contribution >= 4 is 11.7 Å². The van der Waals surface area contributed by atoms with E-state index < -0.39 is 17.0 Å². The van der Waals surface area contributed by atoms with E-state index in [1.54, 1.807) is 13.0 Å².